The molecule has 1 aromatic carbocycles. The number of carbonyl (C=O) groups excluding carboxylic acids is 4. The third-order valence-corrected chi connectivity index (χ3v) is 3.76. The van der Waals surface area contributed by atoms with E-state index in [0.29, 0.717) is 17.7 Å². The van der Waals surface area contributed by atoms with Crippen LogP contribution in [0.4, 0.5) is 0 Å². The smallest absolute Gasteiger partial charge is 0.261 e. The molecular weight excluding hydrogens is 310 g/mol. The van der Waals surface area contributed by atoms with Crippen LogP contribution in [0.3, 0.4) is 0 Å². The maximum atomic E-state index is 12.2. The zero-order chi connectivity index (χ0) is 17.7. The number of rotatable bonds is 7. The largest absolute Gasteiger partial charge is 0.354 e. The fraction of sp³-hybridized carbons (Fsp3) is 0.412. The lowest BCUT2D eigenvalue weighted by Crippen LogP contribution is -2.45. The molecule has 0 aromatic heterocycles. The summed E-state index contributed by atoms with van der Waals surface area (Å²) in [4.78, 5) is 49.1. The van der Waals surface area contributed by atoms with Crippen LogP contribution in [0.15, 0.2) is 24.3 Å². The molecule has 7 heteroatoms. The summed E-state index contributed by atoms with van der Waals surface area (Å²) in [6.07, 6.45) is 0.767. The first-order valence-corrected chi connectivity index (χ1v) is 7.98. The van der Waals surface area contributed by atoms with Crippen LogP contribution in [0, 0.1) is 0 Å². The Kier molecular flexibility index (Phi) is 5.68. The molecule has 1 heterocycles. The second-order valence-electron chi connectivity index (χ2n) is 5.64. The fourth-order valence-corrected chi connectivity index (χ4v) is 2.44. The highest BCUT2D eigenvalue weighted by molar-refractivity contribution is 6.21. The van der Waals surface area contributed by atoms with Crippen molar-refractivity contribution >= 4 is 23.6 Å². The molecule has 0 spiro atoms. The summed E-state index contributed by atoms with van der Waals surface area (Å²) in [5, 5.41) is 5.25. The van der Waals surface area contributed by atoms with Crippen molar-refractivity contribution in [2.75, 3.05) is 13.1 Å². The topological polar surface area (TPSA) is 95.6 Å². The van der Waals surface area contributed by atoms with E-state index in [4.69, 9.17) is 0 Å². The van der Waals surface area contributed by atoms with Crippen molar-refractivity contribution < 1.29 is 19.2 Å². The van der Waals surface area contributed by atoms with Crippen LogP contribution in [0.25, 0.3) is 0 Å². The molecule has 1 aromatic rings. The summed E-state index contributed by atoms with van der Waals surface area (Å²) in [5.41, 5.74) is 0.713. The number of imide groups is 1. The standard InChI is InChI=1S/C17H21N3O4/c1-3-9-18-15(22)11(2)19-14(21)8-10-20-16(23)12-6-4-5-7-13(12)17(20)24/h4-7,11H,3,8-10H2,1-2H3,(H,18,22)(H,19,21)/t11-/m0/s1. The molecule has 24 heavy (non-hydrogen) atoms. The second kappa shape index (κ2) is 7.72. The van der Waals surface area contributed by atoms with E-state index in [1.165, 1.54) is 0 Å². The third-order valence-electron chi connectivity index (χ3n) is 3.76. The average molecular weight is 331 g/mol. The van der Waals surface area contributed by atoms with Crippen LogP contribution in [0.1, 0.15) is 47.4 Å². The Morgan fingerprint density at radius 1 is 1.12 bits per heavy atom. The number of carbonyl (C=O) groups is 4. The fourth-order valence-electron chi connectivity index (χ4n) is 2.44. The molecule has 0 unspecified atom stereocenters. The van der Waals surface area contributed by atoms with Crippen molar-refractivity contribution in [3.8, 4) is 0 Å². The molecule has 2 N–H and O–H groups in total. The molecule has 0 saturated carbocycles. The minimum atomic E-state index is -0.661. The molecule has 0 bridgehead atoms. The van der Waals surface area contributed by atoms with Gasteiger partial charge in [-0.15, -0.1) is 0 Å². The zero-order valence-electron chi connectivity index (χ0n) is 13.8. The lowest BCUT2D eigenvalue weighted by molar-refractivity contribution is -0.128. The Bertz CT molecular complexity index is 637. The van der Waals surface area contributed by atoms with E-state index in [1.54, 1.807) is 31.2 Å². The number of amides is 4. The molecule has 0 fully saturated rings. The van der Waals surface area contributed by atoms with Crippen LogP contribution in [-0.4, -0.2) is 47.7 Å². The third kappa shape index (κ3) is 3.79. The summed E-state index contributed by atoms with van der Waals surface area (Å²) < 4.78 is 0. The SMILES string of the molecule is CCCNC(=O)[C@H](C)NC(=O)CCN1C(=O)c2ccccc2C1=O. The van der Waals surface area contributed by atoms with Gasteiger partial charge in [0.2, 0.25) is 11.8 Å². The minimum Gasteiger partial charge on any atom is -0.354 e. The van der Waals surface area contributed by atoms with Crippen molar-refractivity contribution in [1.82, 2.24) is 15.5 Å². The highest BCUT2D eigenvalue weighted by Gasteiger charge is 2.35. The van der Waals surface area contributed by atoms with Crippen LogP contribution in [-0.2, 0) is 9.59 Å². The number of fused-ring (bicyclic) bond motifs is 1. The van der Waals surface area contributed by atoms with E-state index in [0.717, 1.165) is 11.3 Å². The molecule has 128 valence electrons. The van der Waals surface area contributed by atoms with E-state index in [9.17, 15) is 19.2 Å². The first-order chi connectivity index (χ1) is 11.5. The number of nitrogens with zero attached hydrogens (tertiary/aromatic N) is 1. The van der Waals surface area contributed by atoms with Crippen molar-refractivity contribution in [3.05, 3.63) is 35.4 Å². The van der Waals surface area contributed by atoms with E-state index in [1.807, 2.05) is 6.92 Å². The first kappa shape index (κ1) is 17.7. The first-order valence-electron chi connectivity index (χ1n) is 7.98. The van der Waals surface area contributed by atoms with Crippen molar-refractivity contribution in [2.45, 2.75) is 32.7 Å². The predicted octanol–water partition coefficient (Wildman–Crippen LogP) is 0.704. The summed E-state index contributed by atoms with van der Waals surface area (Å²) in [6, 6.07) is 5.91. The van der Waals surface area contributed by atoms with Crippen LogP contribution in [0.5, 0.6) is 0 Å². The molecular formula is C17H21N3O4. The van der Waals surface area contributed by atoms with Crippen molar-refractivity contribution in [1.29, 1.82) is 0 Å². The van der Waals surface area contributed by atoms with Crippen molar-refractivity contribution in [2.24, 2.45) is 0 Å². The monoisotopic (exact) mass is 331 g/mol. The predicted molar refractivity (Wildman–Crippen MR) is 87.3 cm³/mol. The maximum absolute atomic E-state index is 12.2. The molecule has 1 aliphatic rings. The van der Waals surface area contributed by atoms with E-state index in [-0.39, 0.29) is 24.8 Å². The van der Waals surface area contributed by atoms with Gasteiger partial charge in [-0.2, -0.15) is 0 Å². The van der Waals surface area contributed by atoms with Gasteiger partial charge in [-0.25, -0.2) is 0 Å². The lowest BCUT2D eigenvalue weighted by Gasteiger charge is -2.16. The van der Waals surface area contributed by atoms with Crippen LogP contribution >= 0.6 is 0 Å². The number of nitrogens with one attached hydrogen (secondary N) is 2. The Labute approximate surface area is 140 Å². The molecule has 0 aliphatic carbocycles. The van der Waals surface area contributed by atoms with Crippen LogP contribution < -0.4 is 10.6 Å². The average Bonchev–Trinajstić information content (AvgIpc) is 2.82. The summed E-state index contributed by atoms with van der Waals surface area (Å²) in [7, 11) is 0. The van der Waals surface area contributed by atoms with Gasteiger partial charge in [0.25, 0.3) is 11.8 Å². The molecule has 0 radical (unpaired) electrons. The number of hydrogen-bond donors (Lipinski definition) is 2. The van der Waals surface area contributed by atoms with Gasteiger partial charge in [0, 0.05) is 19.5 Å². The molecule has 7 nitrogen and oxygen atoms in total. The molecule has 0 saturated heterocycles. The Morgan fingerprint density at radius 3 is 2.25 bits per heavy atom. The molecule has 4 amide bonds. The van der Waals surface area contributed by atoms with Gasteiger partial charge in [-0.05, 0) is 25.5 Å². The van der Waals surface area contributed by atoms with E-state index < -0.39 is 17.9 Å². The van der Waals surface area contributed by atoms with E-state index >= 15 is 0 Å². The Morgan fingerprint density at radius 2 is 1.71 bits per heavy atom. The Balaban J connectivity index is 1.86. The lowest BCUT2D eigenvalue weighted by atomic mass is 10.1. The minimum absolute atomic E-state index is 0.0124. The number of benzene rings is 1. The molecule has 1 aliphatic heterocycles. The van der Waals surface area contributed by atoms with Gasteiger partial charge in [-0.3, -0.25) is 24.1 Å². The van der Waals surface area contributed by atoms with Gasteiger partial charge >= 0.3 is 0 Å². The van der Waals surface area contributed by atoms with Gasteiger partial charge < -0.3 is 10.6 Å². The zero-order valence-corrected chi connectivity index (χ0v) is 13.8. The van der Waals surface area contributed by atoms with Gasteiger partial charge in [0.15, 0.2) is 0 Å². The van der Waals surface area contributed by atoms with E-state index in [2.05, 4.69) is 10.6 Å². The van der Waals surface area contributed by atoms with Crippen molar-refractivity contribution in [3.63, 3.8) is 0 Å². The number of hydrogen-bond acceptors (Lipinski definition) is 4. The van der Waals surface area contributed by atoms with Gasteiger partial charge in [0.05, 0.1) is 11.1 Å². The molecule has 2 rings (SSSR count). The summed E-state index contributed by atoms with van der Waals surface area (Å²) >= 11 is 0. The molecule has 1 atom stereocenters. The summed E-state index contributed by atoms with van der Waals surface area (Å²) in [5.74, 6) is -1.43. The van der Waals surface area contributed by atoms with Gasteiger partial charge in [-0.1, -0.05) is 19.1 Å². The Hall–Kier alpha value is -2.70. The summed E-state index contributed by atoms with van der Waals surface area (Å²) in [6.45, 7) is 4.06. The highest BCUT2D eigenvalue weighted by Crippen LogP contribution is 2.22. The normalized spacial score (nSPS) is 14.3. The van der Waals surface area contributed by atoms with Crippen LogP contribution in [0.2, 0.25) is 0 Å². The quantitative estimate of drug-likeness (QED) is 0.719. The maximum Gasteiger partial charge on any atom is 0.261 e. The second-order valence-corrected chi connectivity index (χ2v) is 5.64. The highest BCUT2D eigenvalue weighted by atomic mass is 16.2. The van der Waals surface area contributed by atoms with Gasteiger partial charge in [0.1, 0.15) is 6.04 Å².